The van der Waals surface area contributed by atoms with Crippen molar-refractivity contribution in [2.45, 2.75) is 33.2 Å². The number of rotatable bonds is 4. The Kier molecular flexibility index (Phi) is 4.57. The molecule has 0 aliphatic rings. The number of nitrogens with zero attached hydrogens (tertiary/aromatic N) is 2. The van der Waals surface area contributed by atoms with Crippen molar-refractivity contribution in [1.82, 2.24) is 9.88 Å². The van der Waals surface area contributed by atoms with Crippen LogP contribution in [0.3, 0.4) is 0 Å². The van der Waals surface area contributed by atoms with Crippen LogP contribution < -0.4 is 5.32 Å². The molecule has 0 bridgehead atoms. The van der Waals surface area contributed by atoms with Crippen molar-refractivity contribution in [3.8, 4) is 0 Å². The molecule has 2 heterocycles. The van der Waals surface area contributed by atoms with Gasteiger partial charge in [0.1, 0.15) is 11.3 Å². The molecular formula is C18H21N3O2S. The maximum Gasteiger partial charge on any atom is 0.321 e. The number of furan rings is 1. The molecule has 0 saturated heterocycles. The molecule has 6 heteroatoms. The zero-order chi connectivity index (χ0) is 17.3. The zero-order valence-electron chi connectivity index (χ0n) is 14.3. The standard InChI is InChI=1S/C18H21N3O2S/c1-11(2)17-19-15(10-24-17)9-21(4)18(22)20-14-5-6-16-13(8-14)7-12(3)23-16/h5-8,10-11H,9H2,1-4H3,(H,20,22). The highest BCUT2D eigenvalue weighted by Gasteiger charge is 2.13. The quantitative estimate of drug-likeness (QED) is 0.726. The Morgan fingerprint density at radius 1 is 1.38 bits per heavy atom. The van der Waals surface area contributed by atoms with Crippen LogP contribution >= 0.6 is 11.3 Å². The van der Waals surface area contributed by atoms with Crippen molar-refractivity contribution in [3.63, 3.8) is 0 Å². The molecule has 0 fully saturated rings. The number of fused-ring (bicyclic) bond motifs is 1. The van der Waals surface area contributed by atoms with Crippen LogP contribution in [0.4, 0.5) is 10.5 Å². The number of carbonyl (C=O) groups excluding carboxylic acids is 1. The molecule has 5 nitrogen and oxygen atoms in total. The fraction of sp³-hybridized carbons (Fsp3) is 0.333. The summed E-state index contributed by atoms with van der Waals surface area (Å²) in [7, 11) is 1.77. The van der Waals surface area contributed by atoms with E-state index in [9.17, 15) is 4.79 Å². The number of amides is 2. The third-order valence-electron chi connectivity index (χ3n) is 3.70. The summed E-state index contributed by atoms with van der Waals surface area (Å²) in [5.41, 5.74) is 2.49. The van der Waals surface area contributed by atoms with Gasteiger partial charge >= 0.3 is 6.03 Å². The molecule has 126 valence electrons. The molecule has 3 rings (SSSR count). The fourth-order valence-corrected chi connectivity index (χ4v) is 3.27. The van der Waals surface area contributed by atoms with Gasteiger partial charge < -0.3 is 14.6 Å². The van der Waals surface area contributed by atoms with Gasteiger partial charge in [-0.05, 0) is 31.2 Å². The summed E-state index contributed by atoms with van der Waals surface area (Å²) in [5, 5.41) is 7.00. The van der Waals surface area contributed by atoms with E-state index in [1.165, 1.54) is 0 Å². The smallest absolute Gasteiger partial charge is 0.321 e. The molecule has 2 amide bonds. The Bertz CT molecular complexity index is 866. The molecule has 1 N–H and O–H groups in total. The molecule has 2 aromatic heterocycles. The number of hydrogen-bond acceptors (Lipinski definition) is 4. The van der Waals surface area contributed by atoms with Crippen LogP contribution in [0, 0.1) is 6.92 Å². The van der Waals surface area contributed by atoms with Crippen molar-refractivity contribution in [3.05, 3.63) is 46.1 Å². The fourth-order valence-electron chi connectivity index (χ4n) is 2.45. The lowest BCUT2D eigenvalue weighted by molar-refractivity contribution is 0.220. The normalized spacial score (nSPS) is 11.2. The Morgan fingerprint density at radius 2 is 2.17 bits per heavy atom. The second kappa shape index (κ2) is 6.65. The van der Waals surface area contributed by atoms with Gasteiger partial charge in [-0.1, -0.05) is 13.8 Å². The van der Waals surface area contributed by atoms with E-state index in [-0.39, 0.29) is 6.03 Å². The second-order valence-electron chi connectivity index (χ2n) is 6.23. The maximum absolute atomic E-state index is 12.4. The Balaban J connectivity index is 1.65. The highest BCUT2D eigenvalue weighted by Crippen LogP contribution is 2.23. The first-order valence-corrected chi connectivity index (χ1v) is 8.77. The number of aromatic nitrogens is 1. The SMILES string of the molecule is Cc1cc2cc(NC(=O)N(C)Cc3csc(C(C)C)n3)ccc2o1. The minimum absolute atomic E-state index is 0.159. The van der Waals surface area contributed by atoms with Gasteiger partial charge in [-0.15, -0.1) is 11.3 Å². The Labute approximate surface area is 145 Å². The molecule has 1 aromatic carbocycles. The summed E-state index contributed by atoms with van der Waals surface area (Å²) < 4.78 is 5.55. The number of thiazole rings is 1. The van der Waals surface area contributed by atoms with Crippen molar-refractivity contribution >= 4 is 34.0 Å². The number of aryl methyl sites for hydroxylation is 1. The van der Waals surface area contributed by atoms with Crippen LogP contribution in [-0.4, -0.2) is 23.0 Å². The first-order valence-electron chi connectivity index (χ1n) is 7.89. The molecule has 0 unspecified atom stereocenters. The van der Waals surface area contributed by atoms with Gasteiger partial charge in [0.2, 0.25) is 0 Å². The third-order valence-corrected chi connectivity index (χ3v) is 4.89. The van der Waals surface area contributed by atoms with E-state index in [2.05, 4.69) is 24.1 Å². The van der Waals surface area contributed by atoms with Gasteiger partial charge in [0, 0.05) is 29.4 Å². The largest absolute Gasteiger partial charge is 0.461 e. The van der Waals surface area contributed by atoms with Gasteiger partial charge in [-0.3, -0.25) is 0 Å². The lowest BCUT2D eigenvalue weighted by Gasteiger charge is -2.17. The number of urea groups is 1. The molecule has 0 saturated carbocycles. The number of hydrogen-bond donors (Lipinski definition) is 1. The van der Waals surface area contributed by atoms with E-state index < -0.39 is 0 Å². The summed E-state index contributed by atoms with van der Waals surface area (Å²) in [6, 6.07) is 7.42. The molecule has 0 aliphatic heterocycles. The van der Waals surface area contributed by atoms with Crippen molar-refractivity contribution in [2.75, 3.05) is 12.4 Å². The number of nitrogens with one attached hydrogen (secondary N) is 1. The van der Waals surface area contributed by atoms with Crippen LogP contribution in [0.15, 0.2) is 34.1 Å². The maximum atomic E-state index is 12.4. The summed E-state index contributed by atoms with van der Waals surface area (Å²) in [4.78, 5) is 18.6. The van der Waals surface area contributed by atoms with Gasteiger partial charge in [-0.25, -0.2) is 9.78 Å². The average Bonchev–Trinajstić information content (AvgIpc) is 3.12. The summed E-state index contributed by atoms with van der Waals surface area (Å²) in [6.45, 7) is 6.63. The summed E-state index contributed by atoms with van der Waals surface area (Å²) in [6.07, 6.45) is 0. The predicted octanol–water partition coefficient (Wildman–Crippen LogP) is 4.99. The van der Waals surface area contributed by atoms with Crippen molar-refractivity contribution < 1.29 is 9.21 Å². The molecule has 0 radical (unpaired) electrons. The van der Waals surface area contributed by atoms with Crippen LogP contribution in [0.1, 0.15) is 36.2 Å². The molecule has 24 heavy (non-hydrogen) atoms. The van der Waals surface area contributed by atoms with E-state index in [1.54, 1.807) is 23.3 Å². The van der Waals surface area contributed by atoms with E-state index >= 15 is 0 Å². The lowest BCUT2D eigenvalue weighted by Crippen LogP contribution is -2.30. The molecule has 0 spiro atoms. The minimum atomic E-state index is -0.159. The molecule has 0 aliphatic carbocycles. The Morgan fingerprint density at radius 3 is 2.88 bits per heavy atom. The van der Waals surface area contributed by atoms with Gasteiger partial charge in [0.05, 0.1) is 17.2 Å². The van der Waals surface area contributed by atoms with Gasteiger partial charge in [0.15, 0.2) is 0 Å². The van der Waals surface area contributed by atoms with E-state index in [0.717, 1.165) is 33.1 Å². The number of anilines is 1. The van der Waals surface area contributed by atoms with Crippen molar-refractivity contribution in [1.29, 1.82) is 0 Å². The number of carbonyl (C=O) groups is 1. The third kappa shape index (κ3) is 3.59. The van der Waals surface area contributed by atoms with Crippen LogP contribution in [-0.2, 0) is 6.54 Å². The average molecular weight is 343 g/mol. The first-order chi connectivity index (χ1) is 11.4. The van der Waals surface area contributed by atoms with E-state index in [0.29, 0.717) is 12.5 Å². The van der Waals surface area contributed by atoms with Crippen LogP contribution in [0.2, 0.25) is 0 Å². The van der Waals surface area contributed by atoms with Crippen LogP contribution in [0.25, 0.3) is 11.0 Å². The molecule has 3 aromatic rings. The minimum Gasteiger partial charge on any atom is -0.461 e. The Hall–Kier alpha value is -2.34. The van der Waals surface area contributed by atoms with Crippen LogP contribution in [0.5, 0.6) is 0 Å². The first kappa shape index (κ1) is 16.5. The monoisotopic (exact) mass is 343 g/mol. The zero-order valence-corrected chi connectivity index (χ0v) is 15.1. The highest BCUT2D eigenvalue weighted by atomic mass is 32.1. The topological polar surface area (TPSA) is 58.4 Å². The highest BCUT2D eigenvalue weighted by molar-refractivity contribution is 7.09. The van der Waals surface area contributed by atoms with E-state index in [4.69, 9.17) is 4.42 Å². The second-order valence-corrected chi connectivity index (χ2v) is 7.12. The summed E-state index contributed by atoms with van der Waals surface area (Å²) >= 11 is 1.64. The van der Waals surface area contributed by atoms with Gasteiger partial charge in [-0.2, -0.15) is 0 Å². The predicted molar refractivity (Wildman–Crippen MR) is 97.6 cm³/mol. The number of benzene rings is 1. The van der Waals surface area contributed by atoms with E-state index in [1.807, 2.05) is 36.6 Å². The van der Waals surface area contributed by atoms with Crippen molar-refractivity contribution in [2.24, 2.45) is 0 Å². The summed E-state index contributed by atoms with van der Waals surface area (Å²) in [5.74, 6) is 1.27. The molecule has 0 atom stereocenters. The lowest BCUT2D eigenvalue weighted by atomic mass is 10.2. The molecular weight excluding hydrogens is 322 g/mol. The van der Waals surface area contributed by atoms with Gasteiger partial charge in [0.25, 0.3) is 0 Å².